The third kappa shape index (κ3) is 32.2. The number of likely N-dealkylation sites (N-methyl/N-ethyl adjacent to an activating group) is 1. The van der Waals surface area contributed by atoms with Gasteiger partial charge in [-0.05, 0) is 51.4 Å². The number of carbonyl (C=O) groups excluding carboxylic acids is 2. The van der Waals surface area contributed by atoms with Crippen molar-refractivity contribution in [1.82, 2.24) is 0 Å². The van der Waals surface area contributed by atoms with E-state index in [0.717, 1.165) is 57.8 Å². The van der Waals surface area contributed by atoms with Crippen molar-refractivity contribution < 1.29 is 42.1 Å². The lowest BCUT2D eigenvalue weighted by molar-refractivity contribution is -0.870. The number of hydrogen-bond acceptors (Lipinski definition) is 8. The third-order valence-corrected chi connectivity index (χ3v) is 8.13. The molecule has 0 spiro atoms. The average molecular weight is 672 g/mol. The van der Waals surface area contributed by atoms with Gasteiger partial charge in [-0.15, -0.1) is 0 Å². The minimum atomic E-state index is -4.62. The van der Waals surface area contributed by atoms with Gasteiger partial charge in [0.25, 0.3) is 7.82 Å². The molecule has 0 saturated heterocycles. The number of unbranched alkanes of at least 4 members (excludes halogenated alkanes) is 11. The summed E-state index contributed by atoms with van der Waals surface area (Å²) >= 11 is 0. The molecule has 0 N–H and O–H groups in total. The summed E-state index contributed by atoms with van der Waals surface area (Å²) in [6, 6.07) is 0. The summed E-state index contributed by atoms with van der Waals surface area (Å²) in [7, 11) is 1.13. The summed E-state index contributed by atoms with van der Waals surface area (Å²) in [6.07, 6.45) is 29.1. The topological polar surface area (TPSA) is 111 Å². The van der Waals surface area contributed by atoms with E-state index in [2.05, 4.69) is 50.3 Å². The first-order valence-corrected chi connectivity index (χ1v) is 19.2. The molecule has 0 amide bonds. The lowest BCUT2D eigenvalue weighted by atomic mass is 10.1. The SMILES string of the molecule is CCCCC/C=C\C/C=C\C/C=C\CCCCC(=O)O[C@H](COC(=O)CCCCCCCCC)COP(=O)([O-])OCC[N+](C)(C)C. The number of quaternary nitrogens is 1. The molecular weight excluding hydrogens is 605 g/mol. The summed E-state index contributed by atoms with van der Waals surface area (Å²) in [5.74, 6) is -0.891. The van der Waals surface area contributed by atoms with Crippen LogP contribution in [0.3, 0.4) is 0 Å². The third-order valence-electron chi connectivity index (χ3n) is 7.16. The van der Waals surface area contributed by atoms with E-state index in [1.165, 1.54) is 38.5 Å². The Morgan fingerprint density at radius 1 is 0.674 bits per heavy atom. The number of esters is 2. The summed E-state index contributed by atoms with van der Waals surface area (Å²) in [6.45, 7) is 4.07. The van der Waals surface area contributed by atoms with Crippen LogP contribution in [0.15, 0.2) is 36.5 Å². The first-order valence-electron chi connectivity index (χ1n) is 17.7. The molecule has 268 valence electrons. The first-order chi connectivity index (χ1) is 22.0. The van der Waals surface area contributed by atoms with Gasteiger partial charge in [0.2, 0.25) is 0 Å². The van der Waals surface area contributed by atoms with Gasteiger partial charge in [0.15, 0.2) is 6.10 Å². The molecule has 46 heavy (non-hydrogen) atoms. The highest BCUT2D eigenvalue weighted by atomic mass is 31.2. The van der Waals surface area contributed by atoms with Gasteiger partial charge in [0.05, 0.1) is 27.7 Å². The van der Waals surface area contributed by atoms with Crippen LogP contribution in [0.4, 0.5) is 0 Å². The molecule has 0 fully saturated rings. The fourth-order valence-corrected chi connectivity index (χ4v) is 5.03. The number of ether oxygens (including phenoxy) is 2. The minimum Gasteiger partial charge on any atom is -0.756 e. The number of phosphoric acid groups is 1. The number of allylic oxidation sites excluding steroid dienone is 6. The van der Waals surface area contributed by atoms with Crippen molar-refractivity contribution in [3.05, 3.63) is 36.5 Å². The number of hydrogen-bond donors (Lipinski definition) is 0. The lowest BCUT2D eigenvalue weighted by Gasteiger charge is -2.28. The monoisotopic (exact) mass is 671 g/mol. The van der Waals surface area contributed by atoms with E-state index < -0.39 is 32.5 Å². The van der Waals surface area contributed by atoms with Gasteiger partial charge in [0, 0.05) is 12.8 Å². The van der Waals surface area contributed by atoms with E-state index in [1.54, 1.807) is 0 Å². The highest BCUT2D eigenvalue weighted by Gasteiger charge is 2.21. The van der Waals surface area contributed by atoms with Crippen molar-refractivity contribution in [2.75, 3.05) is 47.5 Å². The van der Waals surface area contributed by atoms with E-state index in [1.807, 2.05) is 21.1 Å². The molecule has 0 aromatic carbocycles. The molecule has 0 saturated carbocycles. The molecule has 0 aliphatic heterocycles. The van der Waals surface area contributed by atoms with Crippen LogP contribution >= 0.6 is 7.82 Å². The predicted octanol–water partition coefficient (Wildman–Crippen LogP) is 8.38. The number of phosphoric ester groups is 1. The fraction of sp³-hybridized carbons (Fsp3) is 0.778. The quantitative estimate of drug-likeness (QED) is 0.0238. The van der Waals surface area contributed by atoms with E-state index in [4.69, 9.17) is 18.5 Å². The van der Waals surface area contributed by atoms with Crippen LogP contribution in [0.2, 0.25) is 0 Å². The zero-order chi connectivity index (χ0) is 34.4. The highest BCUT2D eigenvalue weighted by molar-refractivity contribution is 7.45. The molecule has 0 bridgehead atoms. The summed E-state index contributed by atoms with van der Waals surface area (Å²) in [5, 5.41) is 0. The zero-order valence-corrected chi connectivity index (χ0v) is 30.7. The van der Waals surface area contributed by atoms with E-state index in [9.17, 15) is 19.0 Å². The second kappa shape index (κ2) is 29.4. The van der Waals surface area contributed by atoms with Crippen molar-refractivity contribution in [3.63, 3.8) is 0 Å². The van der Waals surface area contributed by atoms with Crippen LogP contribution in [0.5, 0.6) is 0 Å². The Balaban J connectivity index is 4.53. The molecule has 9 nitrogen and oxygen atoms in total. The molecule has 10 heteroatoms. The molecule has 0 aromatic rings. The van der Waals surface area contributed by atoms with Crippen LogP contribution < -0.4 is 4.89 Å². The maximum absolute atomic E-state index is 12.5. The maximum atomic E-state index is 12.5. The van der Waals surface area contributed by atoms with Crippen molar-refractivity contribution in [2.24, 2.45) is 0 Å². The first kappa shape index (κ1) is 44.2. The second-order valence-electron chi connectivity index (χ2n) is 12.9. The fourth-order valence-electron chi connectivity index (χ4n) is 4.31. The maximum Gasteiger partial charge on any atom is 0.306 e. The molecule has 0 radical (unpaired) electrons. The normalized spacial score (nSPS) is 14.3. The lowest BCUT2D eigenvalue weighted by Crippen LogP contribution is -2.37. The van der Waals surface area contributed by atoms with Gasteiger partial charge in [-0.25, -0.2) is 0 Å². The molecular formula is C36H66NO8P. The van der Waals surface area contributed by atoms with E-state index in [0.29, 0.717) is 17.4 Å². The predicted molar refractivity (Wildman–Crippen MR) is 185 cm³/mol. The van der Waals surface area contributed by atoms with Crippen molar-refractivity contribution >= 4 is 19.8 Å². The van der Waals surface area contributed by atoms with Crippen LogP contribution in [0.1, 0.15) is 129 Å². The Labute approximate surface area is 281 Å². The molecule has 2 atom stereocenters. The molecule has 0 aromatic heterocycles. The van der Waals surface area contributed by atoms with Gasteiger partial charge in [-0.2, -0.15) is 0 Å². The van der Waals surface area contributed by atoms with E-state index >= 15 is 0 Å². The van der Waals surface area contributed by atoms with Gasteiger partial charge in [0.1, 0.15) is 19.8 Å². The molecule has 0 rings (SSSR count). The Hall–Kier alpha value is -1.77. The number of rotatable bonds is 31. The summed E-state index contributed by atoms with van der Waals surface area (Å²) in [5.41, 5.74) is 0. The van der Waals surface area contributed by atoms with Gasteiger partial charge < -0.3 is 27.9 Å². The minimum absolute atomic E-state index is 0.0383. The van der Waals surface area contributed by atoms with Crippen molar-refractivity contribution in [3.8, 4) is 0 Å². The molecule has 0 heterocycles. The van der Waals surface area contributed by atoms with Crippen molar-refractivity contribution in [1.29, 1.82) is 0 Å². The average Bonchev–Trinajstić information content (AvgIpc) is 2.99. The van der Waals surface area contributed by atoms with Crippen LogP contribution in [0.25, 0.3) is 0 Å². The van der Waals surface area contributed by atoms with Gasteiger partial charge in [-0.1, -0.05) is 102 Å². The second-order valence-corrected chi connectivity index (χ2v) is 14.3. The van der Waals surface area contributed by atoms with Gasteiger partial charge >= 0.3 is 11.9 Å². The number of nitrogens with zero attached hydrogens (tertiary/aromatic N) is 1. The molecule has 0 aliphatic rings. The standard InChI is InChI=1S/C36H66NO8P/c1-6-8-10-12-14-15-16-17-18-19-20-21-23-25-27-29-36(39)45-34(33-44-46(40,41)43-31-30-37(3,4)5)32-42-35(38)28-26-24-22-13-11-9-7-2/h14-15,17-18,20-21,34H,6-13,16,19,22-33H2,1-5H3/b15-14-,18-17-,21-20-/t34-/m1/s1. The van der Waals surface area contributed by atoms with Crippen molar-refractivity contribution in [2.45, 2.75) is 136 Å². The van der Waals surface area contributed by atoms with Crippen LogP contribution in [-0.4, -0.2) is 70.0 Å². The van der Waals surface area contributed by atoms with Crippen LogP contribution in [0, 0.1) is 0 Å². The number of carbonyl (C=O) groups is 2. The van der Waals surface area contributed by atoms with E-state index in [-0.39, 0.29) is 26.1 Å². The van der Waals surface area contributed by atoms with Crippen LogP contribution in [-0.2, 0) is 32.7 Å². The Morgan fingerprint density at radius 2 is 1.17 bits per heavy atom. The highest BCUT2D eigenvalue weighted by Crippen LogP contribution is 2.38. The van der Waals surface area contributed by atoms with Gasteiger partial charge in [-0.3, -0.25) is 14.2 Å². The molecule has 1 unspecified atom stereocenters. The smallest absolute Gasteiger partial charge is 0.306 e. The Kier molecular flexibility index (Phi) is 28.2. The zero-order valence-electron chi connectivity index (χ0n) is 29.8. The molecule has 0 aliphatic carbocycles. The summed E-state index contributed by atoms with van der Waals surface area (Å²) < 4.78 is 33.5. The largest absolute Gasteiger partial charge is 0.756 e. The Bertz CT molecular complexity index is 897. The Morgan fingerprint density at radius 3 is 1.78 bits per heavy atom. The summed E-state index contributed by atoms with van der Waals surface area (Å²) in [4.78, 5) is 37.1.